The normalized spacial score (nSPS) is 11.3. The third kappa shape index (κ3) is 1.91. The Hall–Kier alpha value is -3.47. The lowest BCUT2D eigenvalue weighted by molar-refractivity contribution is 0.999. The van der Waals surface area contributed by atoms with Crippen LogP contribution in [-0.4, -0.2) is 24.1 Å². The number of hydrogen-bond donors (Lipinski definition) is 0. The van der Waals surface area contributed by atoms with Gasteiger partial charge in [0.2, 0.25) is 0 Å². The fourth-order valence-electron chi connectivity index (χ4n) is 2.97. The molecule has 3 heterocycles. The van der Waals surface area contributed by atoms with E-state index in [0.717, 1.165) is 33.6 Å². The van der Waals surface area contributed by atoms with Gasteiger partial charge in [-0.25, -0.2) is 15.0 Å². The number of aromatic nitrogens is 5. The number of hydrogen-bond acceptors (Lipinski definition) is 3. The molecule has 2 aromatic carbocycles. The Morgan fingerprint density at radius 2 is 1.21 bits per heavy atom. The van der Waals surface area contributed by atoms with E-state index in [0.29, 0.717) is 0 Å². The van der Waals surface area contributed by atoms with Crippen LogP contribution < -0.4 is 0 Å². The predicted octanol–water partition coefficient (Wildman–Crippen LogP) is 3.76. The van der Waals surface area contributed by atoms with Crippen LogP contribution in [-0.2, 0) is 0 Å². The van der Waals surface area contributed by atoms with Gasteiger partial charge in [-0.3, -0.25) is 9.13 Å². The summed E-state index contributed by atoms with van der Waals surface area (Å²) in [5, 5.41) is 0. The molecular formula is C19H13N5. The maximum Gasteiger partial charge on any atom is 0.138 e. The Morgan fingerprint density at radius 3 is 1.88 bits per heavy atom. The number of pyridine rings is 1. The molecule has 114 valence electrons. The SMILES string of the molecule is c1ccc2c(c1)ncn2-c1ccc(-n2cnc3ccccc32)nc1. The van der Waals surface area contributed by atoms with Crippen molar-refractivity contribution in [2.24, 2.45) is 0 Å². The van der Waals surface area contributed by atoms with Gasteiger partial charge in [-0.05, 0) is 36.4 Å². The van der Waals surface area contributed by atoms with Crippen LogP contribution >= 0.6 is 0 Å². The molecule has 0 aliphatic rings. The second-order valence-electron chi connectivity index (χ2n) is 5.58. The minimum atomic E-state index is 0.844. The van der Waals surface area contributed by atoms with E-state index in [1.54, 1.807) is 6.33 Å². The van der Waals surface area contributed by atoms with E-state index < -0.39 is 0 Å². The second-order valence-corrected chi connectivity index (χ2v) is 5.58. The van der Waals surface area contributed by atoms with Gasteiger partial charge < -0.3 is 0 Å². The van der Waals surface area contributed by atoms with E-state index in [-0.39, 0.29) is 0 Å². The third-order valence-electron chi connectivity index (χ3n) is 4.16. The van der Waals surface area contributed by atoms with Gasteiger partial charge in [0.05, 0.1) is 34.0 Å². The zero-order valence-electron chi connectivity index (χ0n) is 12.7. The van der Waals surface area contributed by atoms with Crippen molar-refractivity contribution in [1.29, 1.82) is 0 Å². The summed E-state index contributed by atoms with van der Waals surface area (Å²) in [5.74, 6) is 0.844. The summed E-state index contributed by atoms with van der Waals surface area (Å²) < 4.78 is 4.03. The largest absolute Gasteiger partial charge is 0.297 e. The first kappa shape index (κ1) is 13.0. The molecule has 0 amide bonds. The molecule has 0 aliphatic carbocycles. The summed E-state index contributed by atoms with van der Waals surface area (Å²) in [6, 6.07) is 20.1. The number of imidazole rings is 2. The molecule has 0 spiro atoms. The van der Waals surface area contributed by atoms with Crippen molar-refractivity contribution >= 4 is 22.1 Å². The highest BCUT2D eigenvalue weighted by Crippen LogP contribution is 2.20. The van der Waals surface area contributed by atoms with Crippen molar-refractivity contribution in [3.8, 4) is 11.5 Å². The Bertz CT molecular complexity index is 1060. The zero-order chi connectivity index (χ0) is 15.9. The van der Waals surface area contributed by atoms with Gasteiger partial charge in [-0.15, -0.1) is 0 Å². The van der Waals surface area contributed by atoms with Crippen molar-refractivity contribution in [2.45, 2.75) is 0 Å². The number of fused-ring (bicyclic) bond motifs is 2. The molecule has 5 nitrogen and oxygen atoms in total. The number of rotatable bonds is 2. The lowest BCUT2D eigenvalue weighted by atomic mass is 10.3. The van der Waals surface area contributed by atoms with E-state index in [1.807, 2.05) is 76.3 Å². The lowest BCUT2D eigenvalue weighted by Gasteiger charge is -2.07. The first-order valence-corrected chi connectivity index (χ1v) is 7.71. The van der Waals surface area contributed by atoms with Crippen molar-refractivity contribution in [2.75, 3.05) is 0 Å². The Morgan fingerprint density at radius 1 is 0.583 bits per heavy atom. The van der Waals surface area contributed by atoms with Crippen LogP contribution in [0.1, 0.15) is 0 Å². The molecule has 0 fully saturated rings. The van der Waals surface area contributed by atoms with Crippen LogP contribution in [0.4, 0.5) is 0 Å². The molecule has 0 saturated heterocycles. The predicted molar refractivity (Wildman–Crippen MR) is 93.5 cm³/mol. The topological polar surface area (TPSA) is 48.5 Å². The van der Waals surface area contributed by atoms with Crippen molar-refractivity contribution in [3.05, 3.63) is 79.5 Å². The highest BCUT2D eigenvalue weighted by Gasteiger charge is 2.07. The first-order valence-electron chi connectivity index (χ1n) is 7.71. The maximum atomic E-state index is 4.61. The average molecular weight is 311 g/mol. The van der Waals surface area contributed by atoms with E-state index in [2.05, 4.69) is 21.0 Å². The minimum absolute atomic E-state index is 0.844. The van der Waals surface area contributed by atoms with Gasteiger partial charge in [0, 0.05) is 0 Å². The first-order chi connectivity index (χ1) is 11.9. The maximum absolute atomic E-state index is 4.61. The molecule has 3 aromatic heterocycles. The fraction of sp³-hybridized carbons (Fsp3) is 0. The van der Waals surface area contributed by atoms with E-state index >= 15 is 0 Å². The monoisotopic (exact) mass is 311 g/mol. The van der Waals surface area contributed by atoms with Crippen LogP contribution in [0.25, 0.3) is 33.6 Å². The summed E-state index contributed by atoms with van der Waals surface area (Å²) in [6.45, 7) is 0. The number of para-hydroxylation sites is 4. The van der Waals surface area contributed by atoms with Gasteiger partial charge in [0.1, 0.15) is 18.5 Å². The van der Waals surface area contributed by atoms with E-state index in [4.69, 9.17) is 0 Å². The van der Waals surface area contributed by atoms with E-state index in [9.17, 15) is 0 Å². The van der Waals surface area contributed by atoms with Crippen molar-refractivity contribution in [1.82, 2.24) is 24.1 Å². The highest BCUT2D eigenvalue weighted by molar-refractivity contribution is 5.78. The van der Waals surface area contributed by atoms with Gasteiger partial charge in [0.15, 0.2) is 0 Å². The summed E-state index contributed by atoms with van der Waals surface area (Å²) in [6.07, 6.45) is 5.49. The summed E-state index contributed by atoms with van der Waals surface area (Å²) in [7, 11) is 0. The molecule has 0 N–H and O–H groups in total. The van der Waals surface area contributed by atoms with Gasteiger partial charge >= 0.3 is 0 Å². The molecule has 5 aromatic rings. The van der Waals surface area contributed by atoms with Crippen LogP contribution in [0.15, 0.2) is 79.5 Å². The summed E-state index contributed by atoms with van der Waals surface area (Å²) in [4.78, 5) is 13.5. The minimum Gasteiger partial charge on any atom is -0.297 e. The second kappa shape index (κ2) is 5.03. The smallest absolute Gasteiger partial charge is 0.138 e. The number of nitrogens with zero attached hydrogens (tertiary/aromatic N) is 5. The molecule has 0 atom stereocenters. The molecule has 24 heavy (non-hydrogen) atoms. The Kier molecular flexibility index (Phi) is 2.72. The lowest BCUT2D eigenvalue weighted by Crippen LogP contribution is -1.98. The van der Waals surface area contributed by atoms with Crippen molar-refractivity contribution < 1.29 is 0 Å². The molecule has 0 bridgehead atoms. The van der Waals surface area contributed by atoms with Crippen LogP contribution in [0.5, 0.6) is 0 Å². The number of benzene rings is 2. The standard InChI is InChI=1S/C19H13N5/c1-3-7-17-15(5-1)21-12-23(17)14-9-10-19(20-11-14)24-13-22-16-6-2-4-8-18(16)24/h1-13H. The highest BCUT2D eigenvalue weighted by atomic mass is 15.1. The summed E-state index contributed by atoms with van der Waals surface area (Å²) in [5.41, 5.74) is 5.04. The van der Waals surface area contributed by atoms with Crippen LogP contribution in [0, 0.1) is 0 Å². The molecule has 0 saturated carbocycles. The van der Waals surface area contributed by atoms with Crippen molar-refractivity contribution in [3.63, 3.8) is 0 Å². The fourth-order valence-corrected chi connectivity index (χ4v) is 2.97. The molecule has 0 aliphatic heterocycles. The van der Waals surface area contributed by atoms with Gasteiger partial charge in [0.25, 0.3) is 0 Å². The molecule has 0 unspecified atom stereocenters. The Labute approximate surface area is 137 Å². The summed E-state index contributed by atoms with van der Waals surface area (Å²) >= 11 is 0. The van der Waals surface area contributed by atoms with Gasteiger partial charge in [-0.2, -0.15) is 0 Å². The quantitative estimate of drug-likeness (QED) is 0.499. The molecule has 5 rings (SSSR count). The van der Waals surface area contributed by atoms with E-state index in [1.165, 1.54) is 0 Å². The average Bonchev–Trinajstić information content (AvgIpc) is 3.26. The Balaban J connectivity index is 1.60. The molecular weight excluding hydrogens is 298 g/mol. The molecule has 0 radical (unpaired) electrons. The zero-order valence-corrected chi connectivity index (χ0v) is 12.7. The van der Waals surface area contributed by atoms with Gasteiger partial charge in [-0.1, -0.05) is 24.3 Å². The third-order valence-corrected chi connectivity index (χ3v) is 4.16. The van der Waals surface area contributed by atoms with Crippen LogP contribution in [0.3, 0.4) is 0 Å². The molecule has 5 heteroatoms. The van der Waals surface area contributed by atoms with Crippen LogP contribution in [0.2, 0.25) is 0 Å².